The van der Waals surface area contributed by atoms with Crippen molar-refractivity contribution in [2.75, 3.05) is 26.4 Å². The molecule has 0 bridgehead atoms. The van der Waals surface area contributed by atoms with Crippen LogP contribution in [-0.2, 0) is 61.2 Å². The molecule has 2 aliphatic heterocycles. The van der Waals surface area contributed by atoms with E-state index in [0.717, 1.165) is 96.3 Å². The number of carbonyl (C=O) groups is 3. The summed E-state index contributed by atoms with van der Waals surface area (Å²) in [6.07, 6.45) is 6.20. The Bertz CT molecular complexity index is 1990. The van der Waals surface area contributed by atoms with Gasteiger partial charge in [-0.25, -0.2) is 4.57 Å². The first-order valence-corrected chi connectivity index (χ1v) is 38.7. The summed E-state index contributed by atoms with van der Waals surface area (Å²) in [5.41, 5.74) is 0. The smallest absolute Gasteiger partial charge is 0.463 e. The van der Waals surface area contributed by atoms with E-state index in [9.17, 15) is 74.9 Å². The molecule has 1 saturated carbocycles. The third-order valence-electron chi connectivity index (χ3n) is 18.8. The number of esters is 3. The first-order chi connectivity index (χ1) is 45.7. The van der Waals surface area contributed by atoms with Crippen molar-refractivity contribution in [2.45, 2.75) is 395 Å². The Kier molecular flexibility index (Phi) is 47.7. The molecule has 0 amide bonds. The van der Waals surface area contributed by atoms with Gasteiger partial charge in [-0.1, -0.05) is 252 Å². The molecule has 25 heteroatoms. The fourth-order valence-electron chi connectivity index (χ4n) is 12.6. The first-order valence-electron chi connectivity index (χ1n) is 37.2. The van der Waals surface area contributed by atoms with Crippen LogP contribution in [-0.4, -0.2) is 204 Å². The predicted octanol–water partition coefficient (Wildman–Crippen LogP) is 9.65. The van der Waals surface area contributed by atoms with Crippen molar-refractivity contribution < 1.29 is 117 Å². The molecular weight excluding hydrogens is 1260 g/mol. The number of ether oxygens (including phenoxy) is 7. The average Bonchev–Trinajstić information content (AvgIpc) is 0.764. The molecule has 560 valence electrons. The highest BCUT2D eigenvalue weighted by Gasteiger charge is 2.58. The standard InChI is InChI=1S/C70H131O24P/c1-5-8-11-14-17-19-21-22-24-26-28-35-40-45-56(74)89-51(47-86-54(72)43-38-33-27-25-23-20-18-15-12-9-6-2)48-88-95(84,85)94-68-66(92-69-64(82)59(77)57(75)52(46-71)90-69)62(80)61(79)63(81)67(68)93-70-65(83)60(78)58(76)53(91-70)49-87-55(73)44-39-34-30-29-32-37-42-50(4)41-36-31-16-13-10-7-3/h50-53,57-71,75-83H,5-49H2,1-4H3,(H,84,85). The molecule has 1 aliphatic carbocycles. The Morgan fingerprint density at radius 2 is 0.737 bits per heavy atom. The molecule has 24 nitrogen and oxygen atoms in total. The molecule has 3 aliphatic rings. The van der Waals surface area contributed by atoms with E-state index in [1.165, 1.54) is 128 Å². The van der Waals surface area contributed by atoms with E-state index in [2.05, 4.69) is 27.7 Å². The molecule has 95 heavy (non-hydrogen) atoms. The van der Waals surface area contributed by atoms with Crippen molar-refractivity contribution in [3.8, 4) is 0 Å². The highest BCUT2D eigenvalue weighted by Crippen LogP contribution is 2.49. The summed E-state index contributed by atoms with van der Waals surface area (Å²) in [5, 5.41) is 110. The Morgan fingerprint density at radius 1 is 0.400 bits per heavy atom. The van der Waals surface area contributed by atoms with E-state index in [1.807, 2.05) is 0 Å². The molecule has 2 heterocycles. The Labute approximate surface area is 568 Å². The van der Waals surface area contributed by atoms with E-state index in [0.29, 0.717) is 25.2 Å². The van der Waals surface area contributed by atoms with E-state index in [4.69, 9.17) is 42.2 Å². The molecule has 2 saturated heterocycles. The quantitative estimate of drug-likeness (QED) is 0.0117. The van der Waals surface area contributed by atoms with Gasteiger partial charge in [0.05, 0.1) is 13.2 Å². The normalized spacial score (nSPS) is 28.4. The zero-order valence-corrected chi connectivity index (χ0v) is 59.3. The van der Waals surface area contributed by atoms with Gasteiger partial charge in [-0.05, 0) is 25.2 Å². The number of phosphoric ester groups is 1. The van der Waals surface area contributed by atoms with Crippen LogP contribution < -0.4 is 0 Å². The molecule has 0 spiro atoms. The summed E-state index contributed by atoms with van der Waals surface area (Å²) in [6.45, 7) is 5.75. The number of hydrogen-bond acceptors (Lipinski definition) is 23. The number of unbranched alkanes of at least 4 members (excludes halogenated alkanes) is 32. The summed E-state index contributed by atoms with van der Waals surface area (Å²) < 4.78 is 65.0. The molecule has 0 aromatic heterocycles. The Morgan fingerprint density at radius 3 is 1.14 bits per heavy atom. The minimum atomic E-state index is -5.69. The SMILES string of the molecule is CCCCCCCCCCCCCCCC(=O)OC(COC(=O)CCCCCCCCCCCCC)COP(=O)(O)OC1C(OC2OC(CO)C(O)C(O)C2O)C(O)C(O)C(O)C1OC1OC(COC(=O)CCCCCCCCC(C)CCCCCCCC)C(O)C(O)C1O. The minimum absolute atomic E-state index is 0.0309. The lowest BCUT2D eigenvalue weighted by Crippen LogP contribution is -2.69. The number of carbonyl (C=O) groups excluding carboxylic acids is 3. The molecule has 11 N–H and O–H groups in total. The predicted molar refractivity (Wildman–Crippen MR) is 356 cm³/mol. The Hall–Kier alpha value is -2.04. The Balaban J connectivity index is 1.74. The van der Waals surface area contributed by atoms with Gasteiger partial charge in [0.2, 0.25) is 0 Å². The number of rotatable bonds is 57. The van der Waals surface area contributed by atoms with Gasteiger partial charge in [-0.3, -0.25) is 23.4 Å². The molecular formula is C70H131O24P. The number of aliphatic hydroxyl groups is 10. The van der Waals surface area contributed by atoms with E-state index >= 15 is 0 Å². The number of phosphoric acid groups is 1. The number of hydrogen-bond donors (Lipinski definition) is 11. The van der Waals surface area contributed by atoms with Gasteiger partial charge in [0.25, 0.3) is 0 Å². The van der Waals surface area contributed by atoms with Crippen LogP contribution in [0, 0.1) is 5.92 Å². The van der Waals surface area contributed by atoms with Gasteiger partial charge >= 0.3 is 25.7 Å². The summed E-state index contributed by atoms with van der Waals surface area (Å²) in [5.74, 6) is -1.28. The van der Waals surface area contributed by atoms with Gasteiger partial charge in [-0.15, -0.1) is 0 Å². The third kappa shape index (κ3) is 35.9. The largest absolute Gasteiger partial charge is 0.472 e. The second kappa shape index (κ2) is 52.0. The van der Waals surface area contributed by atoms with Crippen LogP contribution in [0.3, 0.4) is 0 Å². The molecule has 0 aromatic rings. The maximum atomic E-state index is 14.3. The van der Waals surface area contributed by atoms with Gasteiger partial charge < -0.3 is 89.1 Å². The second-order valence-electron chi connectivity index (χ2n) is 27.3. The lowest BCUT2D eigenvalue weighted by Gasteiger charge is -2.49. The summed E-state index contributed by atoms with van der Waals surface area (Å²) >= 11 is 0. The monoisotopic (exact) mass is 1390 g/mol. The van der Waals surface area contributed by atoms with Gasteiger partial charge in [0.1, 0.15) is 98.7 Å². The molecule has 3 fully saturated rings. The topological polar surface area (TPSA) is 374 Å². The molecule has 0 radical (unpaired) electrons. The van der Waals surface area contributed by atoms with E-state index in [1.54, 1.807) is 0 Å². The lowest BCUT2D eigenvalue weighted by atomic mass is 9.84. The minimum Gasteiger partial charge on any atom is -0.463 e. The van der Waals surface area contributed by atoms with Crippen molar-refractivity contribution >= 4 is 25.7 Å². The van der Waals surface area contributed by atoms with Crippen molar-refractivity contribution in [3.05, 3.63) is 0 Å². The third-order valence-corrected chi connectivity index (χ3v) is 19.8. The van der Waals surface area contributed by atoms with Crippen molar-refractivity contribution in [1.82, 2.24) is 0 Å². The van der Waals surface area contributed by atoms with Crippen molar-refractivity contribution in [1.29, 1.82) is 0 Å². The van der Waals surface area contributed by atoms with Crippen LogP contribution in [0.5, 0.6) is 0 Å². The van der Waals surface area contributed by atoms with E-state index in [-0.39, 0.29) is 19.3 Å². The zero-order valence-electron chi connectivity index (χ0n) is 58.4. The van der Waals surface area contributed by atoms with Crippen LogP contribution in [0.15, 0.2) is 0 Å². The number of aliphatic hydroxyl groups excluding tert-OH is 10. The molecule has 19 atom stereocenters. The summed E-state index contributed by atoms with van der Waals surface area (Å²) in [4.78, 5) is 50.9. The van der Waals surface area contributed by atoms with Crippen LogP contribution in [0.1, 0.15) is 291 Å². The van der Waals surface area contributed by atoms with Gasteiger partial charge in [-0.2, -0.15) is 0 Å². The van der Waals surface area contributed by atoms with Gasteiger partial charge in [0.15, 0.2) is 18.7 Å². The second-order valence-corrected chi connectivity index (χ2v) is 28.7. The molecule has 19 unspecified atom stereocenters. The van der Waals surface area contributed by atoms with Crippen LogP contribution in [0.25, 0.3) is 0 Å². The fourth-order valence-corrected chi connectivity index (χ4v) is 13.6. The first kappa shape index (κ1) is 87.2. The highest BCUT2D eigenvalue weighted by atomic mass is 31.2. The van der Waals surface area contributed by atoms with Crippen LogP contribution >= 0.6 is 7.82 Å². The maximum absolute atomic E-state index is 14.3. The average molecular weight is 1390 g/mol. The van der Waals surface area contributed by atoms with Crippen LogP contribution in [0.2, 0.25) is 0 Å². The lowest BCUT2D eigenvalue weighted by molar-refractivity contribution is -0.360. The highest BCUT2D eigenvalue weighted by molar-refractivity contribution is 7.47. The van der Waals surface area contributed by atoms with Gasteiger partial charge in [0, 0.05) is 19.3 Å². The summed E-state index contributed by atoms with van der Waals surface area (Å²) in [6, 6.07) is 0. The zero-order chi connectivity index (χ0) is 69.8. The summed E-state index contributed by atoms with van der Waals surface area (Å²) in [7, 11) is -5.69. The van der Waals surface area contributed by atoms with Crippen molar-refractivity contribution in [2.24, 2.45) is 5.92 Å². The molecule has 0 aromatic carbocycles. The van der Waals surface area contributed by atoms with E-state index < -0.39 is 156 Å². The maximum Gasteiger partial charge on any atom is 0.472 e. The fraction of sp³-hybridized carbons (Fsp3) is 0.957. The molecule has 3 rings (SSSR count). The van der Waals surface area contributed by atoms with Crippen LogP contribution in [0.4, 0.5) is 0 Å². The van der Waals surface area contributed by atoms with Crippen molar-refractivity contribution in [3.63, 3.8) is 0 Å².